The molecule has 1 fully saturated rings. The summed E-state index contributed by atoms with van der Waals surface area (Å²) in [6, 6.07) is 10.0. The van der Waals surface area contributed by atoms with Gasteiger partial charge in [0.05, 0.1) is 6.61 Å². The fourth-order valence-electron chi connectivity index (χ4n) is 2.74. The first-order valence-corrected chi connectivity index (χ1v) is 11.7. The van der Waals surface area contributed by atoms with Gasteiger partial charge in [0.15, 0.2) is 13.6 Å². The molecule has 0 amide bonds. The quantitative estimate of drug-likeness (QED) is 0.330. The molecule has 2 rings (SSSR count). The topological polar surface area (TPSA) is 31.0 Å². The van der Waals surface area contributed by atoms with Crippen molar-refractivity contribution >= 4 is 31.5 Å². The van der Waals surface area contributed by atoms with E-state index in [0.717, 1.165) is 38.4 Å². The third kappa shape index (κ3) is 8.53. The molecule has 0 radical (unpaired) electrons. The van der Waals surface area contributed by atoms with Gasteiger partial charge in [-0.1, -0.05) is 41.5 Å². The Bertz CT molecular complexity index is 674. The molecule has 1 N–H and O–H groups in total. The molecule has 0 saturated carbocycles. The number of allylic oxidation sites excluding steroid dienone is 2. The van der Waals surface area contributed by atoms with E-state index in [9.17, 15) is 0 Å². The number of likely N-dealkylation sites (N-methyl/N-ethyl adjacent to an activating group) is 1. The molecule has 7 heteroatoms. The third-order valence-electron chi connectivity index (χ3n) is 4.53. The number of para-hydroxylation sites is 1. The van der Waals surface area contributed by atoms with E-state index in [1.807, 2.05) is 42.3 Å². The van der Waals surface area contributed by atoms with Crippen molar-refractivity contribution in [3.05, 3.63) is 53.6 Å². The Kier molecular flexibility index (Phi) is 10.3. The Morgan fingerprint density at radius 1 is 1.07 bits per heavy atom. The van der Waals surface area contributed by atoms with Gasteiger partial charge in [0.25, 0.3) is 0 Å². The fourth-order valence-corrected chi connectivity index (χ4v) is 4.85. The third-order valence-corrected chi connectivity index (χ3v) is 7.05. The lowest BCUT2D eigenvalue weighted by molar-refractivity contribution is 0.277. The Balaban J connectivity index is 1.88. The van der Waals surface area contributed by atoms with E-state index in [2.05, 4.69) is 54.5 Å². The largest absolute Gasteiger partial charge is 0.350 e. The second-order valence-electron chi connectivity index (χ2n) is 7.69. The maximum absolute atomic E-state index is 6.39. The minimum atomic E-state index is -0.744. The van der Waals surface area contributed by atoms with Gasteiger partial charge >= 0.3 is 0 Å². The molecule has 0 spiro atoms. The van der Waals surface area contributed by atoms with Crippen molar-refractivity contribution in [3.8, 4) is 0 Å². The van der Waals surface area contributed by atoms with E-state index in [1.54, 1.807) is 0 Å². The van der Waals surface area contributed by atoms with Gasteiger partial charge in [-0.25, -0.2) is 9.34 Å². The number of hydrogen-bond acceptors (Lipinski definition) is 4. The van der Waals surface area contributed by atoms with Crippen LogP contribution in [-0.2, 0) is 4.52 Å². The van der Waals surface area contributed by atoms with E-state index >= 15 is 0 Å². The van der Waals surface area contributed by atoms with E-state index in [0.29, 0.717) is 11.7 Å². The molecule has 0 aromatic heterocycles. The highest BCUT2D eigenvalue weighted by atomic mass is 32.1. The van der Waals surface area contributed by atoms with Crippen molar-refractivity contribution in [2.24, 2.45) is 0 Å². The van der Waals surface area contributed by atoms with Crippen molar-refractivity contribution in [2.45, 2.75) is 27.7 Å². The first kappa shape index (κ1) is 24.0. The molecule has 1 aliphatic heterocycles. The van der Waals surface area contributed by atoms with Crippen LogP contribution in [0.4, 0.5) is 5.69 Å². The van der Waals surface area contributed by atoms with E-state index in [1.165, 1.54) is 11.1 Å². The van der Waals surface area contributed by atoms with Crippen molar-refractivity contribution in [1.82, 2.24) is 14.2 Å². The summed E-state index contributed by atoms with van der Waals surface area (Å²) in [6.45, 7) is 14.0. The van der Waals surface area contributed by atoms with Crippen molar-refractivity contribution in [3.63, 3.8) is 0 Å². The normalized spacial score (nSPS) is 15.2. The molecule has 1 aliphatic rings. The second-order valence-corrected chi connectivity index (χ2v) is 9.97. The molecule has 0 bridgehead atoms. The fraction of sp³-hybridized carbons (Fsp3) is 0.500. The lowest BCUT2D eigenvalue weighted by Crippen LogP contribution is -2.34. The molecule has 1 aromatic carbocycles. The molecule has 0 aliphatic carbocycles. The summed E-state index contributed by atoms with van der Waals surface area (Å²) in [5.74, 6) is 0. The number of rotatable bonds is 9. The molecule has 160 valence electrons. The molecule has 0 atom stereocenters. The second kappa shape index (κ2) is 12.4. The Hall–Kier alpha value is -1.30. The SMILES string of the molecule is CC(C)=CCN1CCN(CC=C(C)C)P1OCCN(C)C(=S)Nc1ccccc1. The summed E-state index contributed by atoms with van der Waals surface area (Å²) >= 11 is 5.52. The van der Waals surface area contributed by atoms with Crippen molar-refractivity contribution in [2.75, 3.05) is 51.7 Å². The number of benzene rings is 1. The maximum atomic E-state index is 6.39. The Morgan fingerprint density at radius 2 is 1.62 bits per heavy atom. The zero-order chi connectivity index (χ0) is 21.2. The monoisotopic (exact) mass is 434 g/mol. The number of nitrogens with one attached hydrogen (secondary N) is 1. The average molecular weight is 435 g/mol. The van der Waals surface area contributed by atoms with Crippen LogP contribution in [0.5, 0.6) is 0 Å². The van der Waals surface area contributed by atoms with Crippen LogP contribution in [0.15, 0.2) is 53.6 Å². The van der Waals surface area contributed by atoms with E-state index in [-0.39, 0.29) is 0 Å². The smallest absolute Gasteiger partial charge is 0.188 e. The van der Waals surface area contributed by atoms with Crippen molar-refractivity contribution < 1.29 is 4.52 Å². The molecular formula is C22H35N4OPS. The summed E-state index contributed by atoms with van der Waals surface area (Å²) in [4.78, 5) is 2.04. The van der Waals surface area contributed by atoms with Crippen LogP contribution >= 0.6 is 20.7 Å². The molecule has 1 saturated heterocycles. The highest BCUT2D eigenvalue weighted by Crippen LogP contribution is 2.49. The zero-order valence-corrected chi connectivity index (χ0v) is 20.1. The number of thiocarbonyl (C=S) groups is 1. The van der Waals surface area contributed by atoms with Gasteiger partial charge in [-0.2, -0.15) is 0 Å². The molecule has 29 heavy (non-hydrogen) atoms. The van der Waals surface area contributed by atoms with Crippen LogP contribution in [0.25, 0.3) is 0 Å². The summed E-state index contributed by atoms with van der Waals surface area (Å²) in [5.41, 5.74) is 3.70. The minimum Gasteiger partial charge on any atom is -0.350 e. The van der Waals surface area contributed by atoms with Crippen LogP contribution in [0, 0.1) is 0 Å². The number of hydrogen-bond donors (Lipinski definition) is 1. The highest BCUT2D eigenvalue weighted by Gasteiger charge is 2.32. The number of anilines is 1. The maximum Gasteiger partial charge on any atom is 0.188 e. The molecule has 1 aromatic rings. The van der Waals surface area contributed by atoms with Gasteiger partial charge < -0.3 is 14.7 Å². The van der Waals surface area contributed by atoms with Gasteiger partial charge in [0.2, 0.25) is 0 Å². The molecule has 1 heterocycles. The van der Waals surface area contributed by atoms with E-state index in [4.69, 9.17) is 16.7 Å². The predicted molar refractivity (Wildman–Crippen MR) is 130 cm³/mol. The highest BCUT2D eigenvalue weighted by molar-refractivity contribution is 7.80. The zero-order valence-electron chi connectivity index (χ0n) is 18.4. The summed E-state index contributed by atoms with van der Waals surface area (Å²) in [6.07, 6.45) is 4.57. The van der Waals surface area contributed by atoms with Crippen LogP contribution in [0.3, 0.4) is 0 Å². The minimum absolute atomic E-state index is 0.648. The van der Waals surface area contributed by atoms with E-state index < -0.39 is 8.45 Å². The first-order valence-electron chi connectivity index (χ1n) is 10.1. The van der Waals surface area contributed by atoms with Gasteiger partial charge in [-0.05, 0) is 52.0 Å². The summed E-state index contributed by atoms with van der Waals surface area (Å²) in [7, 11) is 1.26. The summed E-state index contributed by atoms with van der Waals surface area (Å²) in [5, 5.41) is 3.98. The van der Waals surface area contributed by atoms with Crippen LogP contribution < -0.4 is 5.32 Å². The van der Waals surface area contributed by atoms with Crippen LogP contribution in [0.1, 0.15) is 27.7 Å². The van der Waals surface area contributed by atoms with Crippen LogP contribution in [-0.4, -0.2) is 65.7 Å². The van der Waals surface area contributed by atoms with Gasteiger partial charge in [0, 0.05) is 45.5 Å². The average Bonchev–Trinajstić information content (AvgIpc) is 3.07. The Morgan fingerprint density at radius 3 is 2.14 bits per heavy atom. The molecular weight excluding hydrogens is 399 g/mol. The van der Waals surface area contributed by atoms with Crippen molar-refractivity contribution in [1.29, 1.82) is 0 Å². The van der Waals surface area contributed by atoms with Gasteiger partial charge in [-0.15, -0.1) is 0 Å². The lowest BCUT2D eigenvalue weighted by Gasteiger charge is -2.29. The lowest BCUT2D eigenvalue weighted by atomic mass is 10.3. The van der Waals surface area contributed by atoms with Crippen LogP contribution in [0.2, 0.25) is 0 Å². The molecule has 5 nitrogen and oxygen atoms in total. The standard InChI is InChI=1S/C22H35N4OPS/c1-19(2)11-13-25-15-16-26(14-12-20(3)4)28(25)27-18-17-24(5)22(29)23-21-9-7-6-8-10-21/h6-12H,13-18H2,1-5H3,(H,23,29). The summed E-state index contributed by atoms with van der Waals surface area (Å²) < 4.78 is 11.3. The first-order chi connectivity index (χ1) is 13.9. The van der Waals surface area contributed by atoms with Gasteiger partial charge in [-0.3, -0.25) is 0 Å². The Labute approximate surface area is 183 Å². The van der Waals surface area contributed by atoms with Gasteiger partial charge in [0.1, 0.15) is 0 Å². The molecule has 0 unspecified atom stereocenters. The number of nitrogens with zero attached hydrogens (tertiary/aromatic N) is 3. The predicted octanol–water partition coefficient (Wildman–Crippen LogP) is 5.11.